The molecule has 4 aromatic rings. The van der Waals surface area contributed by atoms with Gasteiger partial charge in [-0.2, -0.15) is 0 Å². The molecule has 2 aromatic carbocycles. The number of fused-ring (bicyclic) bond motifs is 1. The summed E-state index contributed by atoms with van der Waals surface area (Å²) in [6, 6.07) is 19.1. The molecule has 4 heteroatoms. The van der Waals surface area contributed by atoms with Crippen molar-refractivity contribution in [1.29, 1.82) is 0 Å². The van der Waals surface area contributed by atoms with Gasteiger partial charge in [0, 0.05) is 28.0 Å². The average molecular weight is 372 g/mol. The van der Waals surface area contributed by atoms with Crippen LogP contribution < -0.4 is 11.3 Å². The Bertz CT molecular complexity index is 1260. The van der Waals surface area contributed by atoms with Gasteiger partial charge in [0.05, 0.1) is 0 Å². The molecule has 4 rings (SSSR count). The first-order valence-corrected chi connectivity index (χ1v) is 9.24. The predicted molar refractivity (Wildman–Crippen MR) is 111 cm³/mol. The molecule has 0 fully saturated rings. The zero-order valence-corrected chi connectivity index (χ0v) is 16.0. The molecule has 0 aliphatic carbocycles. The standard InChI is InChI=1S/C24H20O4/c1-14(2)21-19(16-10-6-4-7-11-16)18-15(3)22(17-12-8-5-9-13-17)28-24(26)20(18)23(25)27-21/h4-14H,1-3H3. The van der Waals surface area contributed by atoms with E-state index in [1.54, 1.807) is 0 Å². The van der Waals surface area contributed by atoms with E-state index in [0.29, 0.717) is 16.9 Å². The second-order valence-electron chi connectivity index (χ2n) is 7.11. The highest BCUT2D eigenvalue weighted by Crippen LogP contribution is 2.37. The molecular formula is C24H20O4. The highest BCUT2D eigenvalue weighted by Gasteiger charge is 2.24. The van der Waals surface area contributed by atoms with Gasteiger partial charge < -0.3 is 8.83 Å². The number of hydrogen-bond acceptors (Lipinski definition) is 4. The topological polar surface area (TPSA) is 60.4 Å². The molecule has 140 valence electrons. The Labute approximate surface area is 162 Å². The lowest BCUT2D eigenvalue weighted by Gasteiger charge is -2.16. The molecule has 0 aliphatic heterocycles. The van der Waals surface area contributed by atoms with Crippen molar-refractivity contribution in [2.45, 2.75) is 26.7 Å². The molecule has 0 saturated heterocycles. The van der Waals surface area contributed by atoms with Crippen molar-refractivity contribution in [3.8, 4) is 22.5 Å². The molecule has 0 bridgehead atoms. The van der Waals surface area contributed by atoms with E-state index in [2.05, 4.69) is 0 Å². The first kappa shape index (κ1) is 18.0. The van der Waals surface area contributed by atoms with Gasteiger partial charge >= 0.3 is 11.3 Å². The third-order valence-electron chi connectivity index (χ3n) is 4.89. The highest BCUT2D eigenvalue weighted by atomic mass is 16.4. The Hall–Kier alpha value is -3.40. The summed E-state index contributed by atoms with van der Waals surface area (Å²) in [6.45, 7) is 5.81. The fraction of sp³-hybridized carbons (Fsp3) is 0.167. The lowest BCUT2D eigenvalue weighted by molar-refractivity contribution is 0.445. The fourth-order valence-corrected chi connectivity index (χ4v) is 3.61. The summed E-state index contributed by atoms with van der Waals surface area (Å²) in [5.41, 5.74) is 1.86. The summed E-state index contributed by atoms with van der Waals surface area (Å²) >= 11 is 0. The van der Waals surface area contributed by atoms with Crippen molar-refractivity contribution in [2.24, 2.45) is 0 Å². The van der Waals surface area contributed by atoms with Gasteiger partial charge in [-0.1, -0.05) is 74.5 Å². The van der Waals surface area contributed by atoms with Crippen molar-refractivity contribution in [3.63, 3.8) is 0 Å². The van der Waals surface area contributed by atoms with Crippen molar-refractivity contribution < 1.29 is 8.83 Å². The van der Waals surface area contributed by atoms with E-state index in [1.165, 1.54) is 0 Å². The zero-order chi connectivity index (χ0) is 19.8. The molecule has 28 heavy (non-hydrogen) atoms. The first-order chi connectivity index (χ1) is 13.5. The molecule has 0 N–H and O–H groups in total. The smallest absolute Gasteiger partial charge is 0.351 e. The van der Waals surface area contributed by atoms with Crippen molar-refractivity contribution in [2.75, 3.05) is 0 Å². The number of benzene rings is 2. The molecule has 2 aromatic heterocycles. The summed E-state index contributed by atoms with van der Waals surface area (Å²) < 4.78 is 11.2. The average Bonchev–Trinajstić information content (AvgIpc) is 2.71. The molecule has 0 radical (unpaired) electrons. The van der Waals surface area contributed by atoms with Crippen LogP contribution in [-0.2, 0) is 0 Å². The third kappa shape index (κ3) is 2.87. The van der Waals surface area contributed by atoms with E-state index in [0.717, 1.165) is 22.3 Å². The molecule has 0 spiro atoms. The Morgan fingerprint density at radius 1 is 0.714 bits per heavy atom. The van der Waals surface area contributed by atoms with Gasteiger partial charge in [0.25, 0.3) is 0 Å². The van der Waals surface area contributed by atoms with Crippen LogP contribution in [0.25, 0.3) is 33.2 Å². The molecular weight excluding hydrogens is 352 g/mol. The van der Waals surface area contributed by atoms with Gasteiger partial charge in [-0.15, -0.1) is 0 Å². The zero-order valence-electron chi connectivity index (χ0n) is 16.0. The van der Waals surface area contributed by atoms with Crippen molar-refractivity contribution >= 4 is 10.8 Å². The fourth-order valence-electron chi connectivity index (χ4n) is 3.61. The molecule has 0 unspecified atom stereocenters. The van der Waals surface area contributed by atoms with Crippen LogP contribution in [-0.4, -0.2) is 0 Å². The normalized spacial score (nSPS) is 11.3. The number of aryl methyl sites for hydroxylation is 1. The maximum atomic E-state index is 12.8. The van der Waals surface area contributed by atoms with Gasteiger partial charge in [0.1, 0.15) is 11.5 Å². The summed E-state index contributed by atoms with van der Waals surface area (Å²) in [5.74, 6) is 1.01. The van der Waals surface area contributed by atoms with Crippen molar-refractivity contribution in [3.05, 3.63) is 92.8 Å². The van der Waals surface area contributed by atoms with Gasteiger partial charge in [0.15, 0.2) is 5.39 Å². The van der Waals surface area contributed by atoms with Crippen LogP contribution in [0.15, 0.2) is 79.1 Å². The van der Waals surface area contributed by atoms with Crippen LogP contribution in [0.3, 0.4) is 0 Å². The van der Waals surface area contributed by atoms with E-state index in [-0.39, 0.29) is 11.3 Å². The largest absolute Gasteiger partial charge is 0.426 e. The second-order valence-corrected chi connectivity index (χ2v) is 7.11. The summed E-state index contributed by atoms with van der Waals surface area (Å²) in [5, 5.41) is 0.557. The maximum absolute atomic E-state index is 12.8. The molecule has 0 aliphatic rings. The minimum atomic E-state index is -0.680. The molecule has 0 atom stereocenters. The lowest BCUT2D eigenvalue weighted by Crippen LogP contribution is -2.16. The van der Waals surface area contributed by atoms with E-state index < -0.39 is 11.3 Å². The number of hydrogen-bond donors (Lipinski definition) is 0. The first-order valence-electron chi connectivity index (χ1n) is 9.24. The predicted octanol–water partition coefficient (Wildman–Crippen LogP) is 5.51. The Balaban J connectivity index is 2.24. The van der Waals surface area contributed by atoms with Gasteiger partial charge in [-0.3, -0.25) is 0 Å². The van der Waals surface area contributed by atoms with Gasteiger partial charge in [0.2, 0.25) is 0 Å². The molecule has 0 saturated carbocycles. The van der Waals surface area contributed by atoms with Crippen LogP contribution in [0.2, 0.25) is 0 Å². The highest BCUT2D eigenvalue weighted by molar-refractivity contribution is 6.00. The van der Waals surface area contributed by atoms with Crippen LogP contribution in [0, 0.1) is 6.92 Å². The van der Waals surface area contributed by atoms with Gasteiger partial charge in [-0.05, 0) is 12.5 Å². The van der Waals surface area contributed by atoms with Crippen LogP contribution in [0.4, 0.5) is 0 Å². The van der Waals surface area contributed by atoms with E-state index >= 15 is 0 Å². The van der Waals surface area contributed by atoms with Crippen LogP contribution >= 0.6 is 0 Å². The monoisotopic (exact) mass is 372 g/mol. The summed E-state index contributed by atoms with van der Waals surface area (Å²) in [7, 11) is 0. The van der Waals surface area contributed by atoms with E-state index in [1.807, 2.05) is 81.4 Å². The van der Waals surface area contributed by atoms with E-state index in [9.17, 15) is 9.59 Å². The third-order valence-corrected chi connectivity index (χ3v) is 4.89. The minimum absolute atomic E-state index is 0.0286. The molecule has 0 amide bonds. The second kappa shape index (κ2) is 6.97. The Kier molecular flexibility index (Phi) is 4.47. The molecule has 4 nitrogen and oxygen atoms in total. The maximum Gasteiger partial charge on any atom is 0.351 e. The van der Waals surface area contributed by atoms with Crippen LogP contribution in [0.1, 0.15) is 31.1 Å². The quantitative estimate of drug-likeness (QED) is 0.476. The Morgan fingerprint density at radius 3 is 1.82 bits per heavy atom. The Morgan fingerprint density at radius 2 is 1.25 bits per heavy atom. The molecule has 2 heterocycles. The summed E-state index contributed by atoms with van der Waals surface area (Å²) in [6.07, 6.45) is 0. The number of rotatable bonds is 3. The van der Waals surface area contributed by atoms with E-state index in [4.69, 9.17) is 8.83 Å². The van der Waals surface area contributed by atoms with Gasteiger partial charge in [-0.25, -0.2) is 9.59 Å². The SMILES string of the molecule is Cc1c(-c2ccccc2)oc(=O)c2c(=O)oc(C(C)C)c(-c3ccccc3)c12. The summed E-state index contributed by atoms with van der Waals surface area (Å²) in [4.78, 5) is 25.5. The minimum Gasteiger partial charge on any atom is -0.426 e. The van der Waals surface area contributed by atoms with Crippen LogP contribution in [0.5, 0.6) is 0 Å². The van der Waals surface area contributed by atoms with Crippen molar-refractivity contribution in [1.82, 2.24) is 0 Å². The lowest BCUT2D eigenvalue weighted by atomic mass is 9.91.